The monoisotopic (exact) mass is 569 g/mol. The summed E-state index contributed by atoms with van der Waals surface area (Å²) in [6.45, 7) is 2.46. The average Bonchev–Trinajstić information content (AvgIpc) is 3.31. The molecule has 3 aromatic carbocycles. The molecule has 5 rings (SSSR count). The van der Waals surface area contributed by atoms with Gasteiger partial charge in [-0.1, -0.05) is 57.9 Å². The van der Waals surface area contributed by atoms with Gasteiger partial charge in [-0.25, -0.2) is 13.4 Å². The van der Waals surface area contributed by atoms with Crippen molar-refractivity contribution >= 4 is 54.2 Å². The molecule has 0 saturated heterocycles. The number of ether oxygens (including phenoxy) is 1. The van der Waals surface area contributed by atoms with E-state index in [1.54, 1.807) is 30.3 Å². The van der Waals surface area contributed by atoms with E-state index in [9.17, 15) is 8.42 Å². The Kier molecular flexibility index (Phi) is 6.55. The third kappa shape index (κ3) is 4.67. The van der Waals surface area contributed by atoms with Crippen LogP contribution in [0.5, 0.6) is 5.75 Å². The van der Waals surface area contributed by atoms with Gasteiger partial charge in [0, 0.05) is 21.5 Å². The van der Waals surface area contributed by atoms with Crippen LogP contribution < -0.4 is 10.2 Å². The van der Waals surface area contributed by atoms with Crippen LogP contribution in [0.25, 0.3) is 16.6 Å². The summed E-state index contributed by atoms with van der Waals surface area (Å²) in [7, 11) is -3.91. The molecular formula is C26H21BrClN3O3S. The number of nitrogens with zero attached hydrogens (tertiary/aromatic N) is 2. The van der Waals surface area contributed by atoms with Gasteiger partial charge in [-0.3, -0.25) is 0 Å². The number of halogens is 2. The van der Waals surface area contributed by atoms with E-state index in [1.807, 2.05) is 61.5 Å². The molecular weight excluding hydrogens is 550 g/mol. The molecule has 0 radical (unpaired) electrons. The molecule has 1 aromatic heterocycles. The quantitative estimate of drug-likeness (QED) is 0.274. The molecule has 4 aromatic rings. The molecule has 0 aliphatic carbocycles. The summed E-state index contributed by atoms with van der Waals surface area (Å²) >= 11 is 10.1. The lowest BCUT2D eigenvalue weighted by Gasteiger charge is -2.25. The van der Waals surface area contributed by atoms with Gasteiger partial charge in [0.2, 0.25) is 0 Å². The van der Waals surface area contributed by atoms with Crippen LogP contribution in [0.3, 0.4) is 0 Å². The van der Waals surface area contributed by atoms with Crippen LogP contribution >= 0.6 is 27.5 Å². The van der Waals surface area contributed by atoms with Crippen LogP contribution in [0.4, 0.5) is 0 Å². The predicted octanol–water partition coefficient (Wildman–Crippen LogP) is 6.34. The number of aromatic nitrogens is 1. The molecule has 1 atom stereocenters. The molecule has 9 heteroatoms. The summed E-state index contributed by atoms with van der Waals surface area (Å²) in [6.07, 6.45) is 1.85. The Labute approximate surface area is 217 Å². The highest BCUT2D eigenvalue weighted by Gasteiger charge is 2.38. The second-order valence-electron chi connectivity index (χ2n) is 7.91. The summed E-state index contributed by atoms with van der Waals surface area (Å²) in [4.78, 5) is 4.74. The zero-order valence-corrected chi connectivity index (χ0v) is 21.8. The predicted molar refractivity (Wildman–Crippen MR) is 141 cm³/mol. The van der Waals surface area contributed by atoms with Crippen molar-refractivity contribution in [3.63, 3.8) is 0 Å². The Morgan fingerprint density at radius 1 is 1.06 bits per heavy atom. The minimum atomic E-state index is -3.91. The standard InChI is InChI=1S/C26H21BrClN3O3S/c1-2-34-20-13-10-18-14-22(26(28)29-23(18)15-20)25-16-24(17-8-11-19(27)12-9-17)30-31(25)35(32,33)21-6-4-3-5-7-21/h3-16,25,30H,2H2,1H3. The Hall–Kier alpha value is -2.91. The van der Waals surface area contributed by atoms with E-state index in [2.05, 4.69) is 26.3 Å². The lowest BCUT2D eigenvalue weighted by atomic mass is 10.0. The third-order valence-electron chi connectivity index (χ3n) is 5.66. The molecule has 35 heavy (non-hydrogen) atoms. The molecule has 6 nitrogen and oxygen atoms in total. The highest BCUT2D eigenvalue weighted by Crippen LogP contribution is 2.39. The normalized spacial score (nSPS) is 16.2. The number of hydrazine groups is 1. The highest BCUT2D eigenvalue weighted by atomic mass is 79.9. The Balaban J connectivity index is 1.63. The molecule has 178 valence electrons. The summed E-state index contributed by atoms with van der Waals surface area (Å²) in [5, 5.41) is 1.05. The first kappa shape index (κ1) is 23.8. The van der Waals surface area contributed by atoms with Crippen molar-refractivity contribution < 1.29 is 13.2 Å². The van der Waals surface area contributed by atoms with E-state index < -0.39 is 16.1 Å². The van der Waals surface area contributed by atoms with E-state index >= 15 is 0 Å². The average molecular weight is 571 g/mol. The number of hydrogen-bond acceptors (Lipinski definition) is 5. The molecule has 2 heterocycles. The van der Waals surface area contributed by atoms with Gasteiger partial charge in [-0.2, -0.15) is 0 Å². The number of rotatable bonds is 6. The van der Waals surface area contributed by atoms with Crippen LogP contribution in [-0.2, 0) is 10.0 Å². The Morgan fingerprint density at radius 2 is 1.80 bits per heavy atom. The summed E-state index contributed by atoms with van der Waals surface area (Å²) < 4.78 is 35.1. The minimum absolute atomic E-state index is 0.175. The van der Waals surface area contributed by atoms with Gasteiger partial charge in [0.15, 0.2) is 0 Å². The first-order chi connectivity index (χ1) is 16.9. The summed E-state index contributed by atoms with van der Waals surface area (Å²) in [6, 6.07) is 22.7. The van der Waals surface area contributed by atoms with Crippen molar-refractivity contribution in [3.05, 3.63) is 106 Å². The topological polar surface area (TPSA) is 71.5 Å². The van der Waals surface area contributed by atoms with Crippen molar-refractivity contribution in [1.82, 2.24) is 14.8 Å². The maximum Gasteiger partial charge on any atom is 0.260 e. The second kappa shape index (κ2) is 9.62. The Morgan fingerprint density at radius 3 is 2.51 bits per heavy atom. The maximum atomic E-state index is 13.7. The molecule has 0 bridgehead atoms. The van der Waals surface area contributed by atoms with Crippen molar-refractivity contribution in [2.45, 2.75) is 17.9 Å². The largest absolute Gasteiger partial charge is 0.494 e. The zero-order valence-electron chi connectivity index (χ0n) is 18.7. The SMILES string of the molecule is CCOc1ccc2cc(C3C=C(c4ccc(Br)cc4)NN3S(=O)(=O)c3ccccc3)c(Cl)nc2c1. The zero-order chi connectivity index (χ0) is 24.6. The van der Waals surface area contributed by atoms with Crippen LogP contribution in [0.15, 0.2) is 94.3 Å². The maximum absolute atomic E-state index is 13.7. The van der Waals surface area contributed by atoms with Gasteiger partial charge in [0.05, 0.1) is 28.8 Å². The fourth-order valence-corrected chi connectivity index (χ4v) is 5.92. The van der Waals surface area contributed by atoms with Crippen LogP contribution in [0.2, 0.25) is 5.15 Å². The molecule has 0 fully saturated rings. The van der Waals surface area contributed by atoms with E-state index in [0.717, 1.165) is 15.4 Å². The second-order valence-corrected chi connectivity index (χ2v) is 11.0. The van der Waals surface area contributed by atoms with Crippen LogP contribution in [0, 0.1) is 0 Å². The van der Waals surface area contributed by atoms with E-state index in [4.69, 9.17) is 16.3 Å². The first-order valence-corrected chi connectivity index (χ1v) is 13.5. The van der Waals surface area contributed by atoms with Gasteiger partial charge >= 0.3 is 0 Å². The lowest BCUT2D eigenvalue weighted by Crippen LogP contribution is -2.39. The van der Waals surface area contributed by atoms with Crippen molar-refractivity contribution in [3.8, 4) is 5.75 Å². The minimum Gasteiger partial charge on any atom is -0.494 e. The van der Waals surface area contributed by atoms with Gasteiger partial charge in [0.25, 0.3) is 10.0 Å². The van der Waals surface area contributed by atoms with E-state index in [0.29, 0.717) is 29.1 Å². The van der Waals surface area contributed by atoms with Crippen LogP contribution in [-0.4, -0.2) is 24.4 Å². The third-order valence-corrected chi connectivity index (χ3v) is 8.20. The molecule has 0 spiro atoms. The fraction of sp³-hybridized carbons (Fsp3) is 0.115. The van der Waals surface area contributed by atoms with Gasteiger partial charge < -0.3 is 10.2 Å². The molecule has 1 aliphatic heterocycles. The van der Waals surface area contributed by atoms with E-state index in [1.165, 1.54) is 4.41 Å². The number of hydrogen-bond donors (Lipinski definition) is 1. The number of pyridine rings is 1. The smallest absolute Gasteiger partial charge is 0.260 e. The van der Waals surface area contributed by atoms with Crippen molar-refractivity contribution in [1.29, 1.82) is 0 Å². The van der Waals surface area contributed by atoms with Gasteiger partial charge in [0.1, 0.15) is 10.9 Å². The fourth-order valence-electron chi connectivity index (χ4n) is 3.98. The van der Waals surface area contributed by atoms with Gasteiger partial charge in [-0.15, -0.1) is 4.41 Å². The molecule has 1 aliphatic rings. The number of nitrogens with one attached hydrogen (secondary N) is 1. The summed E-state index contributed by atoms with van der Waals surface area (Å²) in [5.41, 5.74) is 5.84. The number of fused-ring (bicyclic) bond motifs is 1. The van der Waals surface area contributed by atoms with E-state index in [-0.39, 0.29) is 10.0 Å². The highest BCUT2D eigenvalue weighted by molar-refractivity contribution is 9.10. The molecule has 1 N–H and O–H groups in total. The number of sulfonamides is 1. The van der Waals surface area contributed by atoms with Crippen molar-refractivity contribution in [2.75, 3.05) is 6.61 Å². The van der Waals surface area contributed by atoms with Crippen molar-refractivity contribution in [2.24, 2.45) is 0 Å². The first-order valence-electron chi connectivity index (χ1n) is 10.9. The number of benzene rings is 3. The van der Waals surface area contributed by atoms with Crippen LogP contribution in [0.1, 0.15) is 24.1 Å². The lowest BCUT2D eigenvalue weighted by molar-refractivity contribution is 0.340. The molecule has 0 amide bonds. The molecule has 0 saturated carbocycles. The molecule has 1 unspecified atom stereocenters. The Bertz CT molecular complexity index is 1530. The summed E-state index contributed by atoms with van der Waals surface area (Å²) in [5.74, 6) is 0.699. The van der Waals surface area contributed by atoms with Gasteiger partial charge in [-0.05, 0) is 61.0 Å².